The molecular formula is C15H18N2O3. The first kappa shape index (κ1) is 14.4. The molecule has 2 aromatic rings. The first-order valence-corrected chi connectivity index (χ1v) is 6.50. The Morgan fingerprint density at radius 1 is 1.30 bits per heavy atom. The Labute approximate surface area is 118 Å². The molecule has 0 bridgehead atoms. The van der Waals surface area contributed by atoms with E-state index in [0.29, 0.717) is 13.0 Å². The summed E-state index contributed by atoms with van der Waals surface area (Å²) < 4.78 is 1.77. The summed E-state index contributed by atoms with van der Waals surface area (Å²) in [4.78, 5) is 25.3. The molecule has 5 nitrogen and oxygen atoms in total. The van der Waals surface area contributed by atoms with E-state index in [1.54, 1.807) is 17.1 Å². The van der Waals surface area contributed by atoms with E-state index < -0.39 is 0 Å². The molecule has 0 spiro atoms. The van der Waals surface area contributed by atoms with E-state index in [9.17, 15) is 4.79 Å². The quantitative estimate of drug-likeness (QED) is 0.547. The number of imidazole rings is 1. The highest BCUT2D eigenvalue weighted by atomic mass is 17.2. The second kappa shape index (κ2) is 7.57. The normalized spacial score (nSPS) is 10.7. The predicted molar refractivity (Wildman–Crippen MR) is 73.8 cm³/mol. The Bertz CT molecular complexity index is 537. The van der Waals surface area contributed by atoms with Gasteiger partial charge in [-0.15, -0.1) is 0 Å². The average molecular weight is 274 g/mol. The van der Waals surface area contributed by atoms with Crippen molar-refractivity contribution in [2.75, 3.05) is 7.11 Å². The van der Waals surface area contributed by atoms with Gasteiger partial charge < -0.3 is 4.57 Å². The Balaban J connectivity index is 1.78. The van der Waals surface area contributed by atoms with Crippen LogP contribution in [0.15, 0.2) is 42.9 Å². The number of aromatic nitrogens is 2. The van der Waals surface area contributed by atoms with Crippen LogP contribution in [-0.2, 0) is 34.1 Å². The fraction of sp³-hybridized carbons (Fsp3) is 0.333. The van der Waals surface area contributed by atoms with E-state index in [1.165, 1.54) is 12.7 Å². The van der Waals surface area contributed by atoms with Crippen LogP contribution < -0.4 is 0 Å². The van der Waals surface area contributed by atoms with Crippen molar-refractivity contribution in [2.24, 2.45) is 0 Å². The fourth-order valence-corrected chi connectivity index (χ4v) is 1.90. The van der Waals surface area contributed by atoms with Crippen molar-refractivity contribution in [3.63, 3.8) is 0 Å². The molecule has 20 heavy (non-hydrogen) atoms. The lowest BCUT2D eigenvalue weighted by atomic mass is 10.1. The standard InChI is InChI=1S/C15H18N2O3/c1-19-20-11-14-9-17(12-16-14)10-15(18)8-7-13-5-3-2-4-6-13/h2-6,9,12H,7-8,10-11H2,1H3. The number of carbonyl (C=O) groups excluding carboxylic acids is 1. The summed E-state index contributed by atoms with van der Waals surface area (Å²) in [5.74, 6) is 0.186. The van der Waals surface area contributed by atoms with Gasteiger partial charge in [-0.05, 0) is 12.0 Å². The van der Waals surface area contributed by atoms with Crippen LogP contribution in [0.5, 0.6) is 0 Å². The number of rotatable bonds is 8. The third kappa shape index (κ3) is 4.60. The zero-order valence-corrected chi connectivity index (χ0v) is 11.5. The van der Waals surface area contributed by atoms with Gasteiger partial charge in [-0.2, -0.15) is 0 Å². The van der Waals surface area contributed by atoms with Gasteiger partial charge in [0.1, 0.15) is 6.61 Å². The molecule has 1 aromatic heterocycles. The SMILES string of the molecule is COOCc1cn(CC(=O)CCc2ccccc2)cn1. The van der Waals surface area contributed by atoms with Crippen molar-refractivity contribution in [1.82, 2.24) is 9.55 Å². The van der Waals surface area contributed by atoms with Gasteiger partial charge in [-0.25, -0.2) is 14.8 Å². The number of nitrogens with zero attached hydrogens (tertiary/aromatic N) is 2. The molecule has 5 heteroatoms. The largest absolute Gasteiger partial charge is 0.330 e. The lowest BCUT2D eigenvalue weighted by molar-refractivity contribution is -0.282. The lowest BCUT2D eigenvalue weighted by Crippen LogP contribution is -2.09. The van der Waals surface area contributed by atoms with E-state index >= 15 is 0 Å². The smallest absolute Gasteiger partial charge is 0.152 e. The number of Topliss-reactive ketones (excluding diaryl/α,β-unsaturated/α-hetero) is 1. The van der Waals surface area contributed by atoms with E-state index in [1.807, 2.05) is 30.3 Å². The number of benzene rings is 1. The fourth-order valence-electron chi connectivity index (χ4n) is 1.90. The number of carbonyl (C=O) groups is 1. The average Bonchev–Trinajstić information content (AvgIpc) is 2.91. The second-order valence-electron chi connectivity index (χ2n) is 4.49. The van der Waals surface area contributed by atoms with Crippen molar-refractivity contribution in [3.05, 3.63) is 54.1 Å². The number of hydrogen-bond acceptors (Lipinski definition) is 4. The Hall–Kier alpha value is -1.98. The molecule has 0 atom stereocenters. The Morgan fingerprint density at radius 3 is 2.85 bits per heavy atom. The second-order valence-corrected chi connectivity index (χ2v) is 4.49. The topological polar surface area (TPSA) is 53.4 Å². The minimum absolute atomic E-state index is 0.186. The monoisotopic (exact) mass is 274 g/mol. The van der Waals surface area contributed by atoms with Crippen molar-refractivity contribution >= 4 is 5.78 Å². The molecule has 0 radical (unpaired) electrons. The maximum atomic E-state index is 11.9. The first-order chi connectivity index (χ1) is 9.78. The molecular weight excluding hydrogens is 256 g/mol. The number of ketones is 1. The van der Waals surface area contributed by atoms with Gasteiger partial charge >= 0.3 is 0 Å². The first-order valence-electron chi connectivity index (χ1n) is 6.50. The van der Waals surface area contributed by atoms with Crippen LogP contribution in [0.3, 0.4) is 0 Å². The van der Waals surface area contributed by atoms with E-state index in [4.69, 9.17) is 4.89 Å². The lowest BCUT2D eigenvalue weighted by Gasteiger charge is -2.02. The summed E-state index contributed by atoms with van der Waals surface area (Å²) in [5.41, 5.74) is 1.92. The summed E-state index contributed by atoms with van der Waals surface area (Å²) in [6.45, 7) is 0.620. The highest BCUT2D eigenvalue weighted by molar-refractivity contribution is 5.78. The maximum absolute atomic E-state index is 11.9. The van der Waals surface area contributed by atoms with Gasteiger partial charge in [0.25, 0.3) is 0 Å². The minimum atomic E-state index is 0.186. The maximum Gasteiger partial charge on any atom is 0.152 e. The van der Waals surface area contributed by atoms with Crippen LogP contribution in [0.1, 0.15) is 17.7 Å². The summed E-state index contributed by atoms with van der Waals surface area (Å²) in [6.07, 6.45) is 4.73. The molecule has 0 aliphatic heterocycles. The summed E-state index contributed by atoms with van der Waals surface area (Å²) in [5, 5.41) is 0. The molecule has 0 aliphatic carbocycles. The number of hydrogen-bond donors (Lipinski definition) is 0. The van der Waals surface area contributed by atoms with E-state index in [-0.39, 0.29) is 12.4 Å². The van der Waals surface area contributed by atoms with Crippen molar-refractivity contribution in [3.8, 4) is 0 Å². The molecule has 0 fully saturated rings. The Morgan fingerprint density at radius 2 is 2.10 bits per heavy atom. The van der Waals surface area contributed by atoms with Crippen LogP contribution in [0, 0.1) is 0 Å². The highest BCUT2D eigenvalue weighted by Crippen LogP contribution is 2.05. The number of aryl methyl sites for hydroxylation is 1. The van der Waals surface area contributed by atoms with Gasteiger partial charge in [0.15, 0.2) is 5.78 Å². The predicted octanol–water partition coefficient (Wildman–Crippen LogP) is 2.16. The molecule has 0 aliphatic rings. The zero-order chi connectivity index (χ0) is 14.2. The molecule has 0 saturated heterocycles. The van der Waals surface area contributed by atoms with Crippen LogP contribution >= 0.6 is 0 Å². The van der Waals surface area contributed by atoms with Gasteiger partial charge in [-0.1, -0.05) is 30.3 Å². The van der Waals surface area contributed by atoms with Crippen LogP contribution in [0.2, 0.25) is 0 Å². The van der Waals surface area contributed by atoms with Gasteiger partial charge in [0.05, 0.1) is 25.7 Å². The molecule has 0 saturated carbocycles. The third-order valence-corrected chi connectivity index (χ3v) is 2.91. The summed E-state index contributed by atoms with van der Waals surface area (Å²) >= 11 is 0. The highest BCUT2D eigenvalue weighted by Gasteiger charge is 2.05. The van der Waals surface area contributed by atoms with Gasteiger partial charge in [0.2, 0.25) is 0 Å². The van der Waals surface area contributed by atoms with Crippen molar-refractivity contribution in [1.29, 1.82) is 0 Å². The van der Waals surface area contributed by atoms with E-state index in [2.05, 4.69) is 9.87 Å². The van der Waals surface area contributed by atoms with Crippen LogP contribution in [-0.4, -0.2) is 22.4 Å². The summed E-state index contributed by atoms with van der Waals surface area (Å²) in [7, 11) is 1.45. The molecule has 2 rings (SSSR count). The van der Waals surface area contributed by atoms with E-state index in [0.717, 1.165) is 12.1 Å². The van der Waals surface area contributed by atoms with Crippen molar-refractivity contribution < 1.29 is 14.6 Å². The van der Waals surface area contributed by atoms with Crippen LogP contribution in [0.25, 0.3) is 0 Å². The van der Waals surface area contributed by atoms with Crippen molar-refractivity contribution in [2.45, 2.75) is 26.0 Å². The molecule has 0 N–H and O–H groups in total. The molecule has 0 unspecified atom stereocenters. The minimum Gasteiger partial charge on any atom is -0.330 e. The molecule has 1 aromatic carbocycles. The summed E-state index contributed by atoms with van der Waals surface area (Å²) in [6, 6.07) is 10.0. The third-order valence-electron chi connectivity index (χ3n) is 2.91. The molecule has 106 valence electrons. The molecule has 0 amide bonds. The van der Waals surface area contributed by atoms with Crippen LogP contribution in [0.4, 0.5) is 0 Å². The Kier molecular flexibility index (Phi) is 5.46. The molecule has 1 heterocycles. The zero-order valence-electron chi connectivity index (χ0n) is 11.5. The van der Waals surface area contributed by atoms with Gasteiger partial charge in [-0.3, -0.25) is 4.79 Å². The van der Waals surface area contributed by atoms with Gasteiger partial charge in [0, 0.05) is 12.6 Å².